The zero-order valence-electron chi connectivity index (χ0n) is 14.6. The number of hydrogen-bond donors (Lipinski definition) is 1. The highest BCUT2D eigenvalue weighted by atomic mass is 19.1. The highest BCUT2D eigenvalue weighted by Crippen LogP contribution is 2.28. The van der Waals surface area contributed by atoms with E-state index in [1.165, 1.54) is 32.6 Å². The molecule has 3 rings (SSSR count). The summed E-state index contributed by atoms with van der Waals surface area (Å²) in [5, 5.41) is 2.79. The van der Waals surface area contributed by atoms with Crippen LogP contribution in [0.25, 0.3) is 17.0 Å². The van der Waals surface area contributed by atoms with Gasteiger partial charge in [-0.3, -0.25) is 9.78 Å². The van der Waals surface area contributed by atoms with Crippen LogP contribution in [0, 0.1) is 11.6 Å². The molecule has 27 heavy (non-hydrogen) atoms. The smallest absolute Gasteiger partial charge is 0.248 e. The highest BCUT2D eigenvalue weighted by Gasteiger charge is 2.10. The predicted molar refractivity (Wildman–Crippen MR) is 98.9 cm³/mol. The number of hydrogen-bond acceptors (Lipinski definition) is 4. The Morgan fingerprint density at radius 3 is 2.59 bits per heavy atom. The van der Waals surface area contributed by atoms with Gasteiger partial charge in [-0.2, -0.15) is 0 Å². The third-order valence-corrected chi connectivity index (χ3v) is 3.86. The molecule has 3 aromatic rings. The Balaban J connectivity index is 1.82. The Kier molecular flexibility index (Phi) is 5.30. The lowest BCUT2D eigenvalue weighted by Crippen LogP contribution is -2.08. The Morgan fingerprint density at radius 1 is 1.07 bits per heavy atom. The fourth-order valence-electron chi connectivity index (χ4n) is 2.59. The molecule has 0 bridgehead atoms. The summed E-state index contributed by atoms with van der Waals surface area (Å²) in [6.07, 6.45) is 4.24. The van der Waals surface area contributed by atoms with Gasteiger partial charge in [0.25, 0.3) is 0 Å². The molecule has 5 nitrogen and oxygen atoms in total. The first kappa shape index (κ1) is 18.3. The number of carbonyl (C=O) groups excluding carboxylic acids is 1. The number of nitrogens with zero attached hydrogens (tertiary/aromatic N) is 1. The van der Waals surface area contributed by atoms with E-state index in [0.29, 0.717) is 11.5 Å². The van der Waals surface area contributed by atoms with Crippen LogP contribution in [-0.2, 0) is 4.79 Å². The van der Waals surface area contributed by atoms with Crippen LogP contribution in [0.1, 0.15) is 5.56 Å². The molecule has 0 saturated carbocycles. The van der Waals surface area contributed by atoms with Crippen LogP contribution in [0.3, 0.4) is 0 Å². The Hall–Kier alpha value is -3.48. The second kappa shape index (κ2) is 7.82. The standard InChI is InChI=1S/C20H16F2N2O3/c1-26-17-5-3-12(9-18(17)27-2)4-6-19(25)24-16-7-8-23-20-14(16)10-13(21)11-15(20)22/h3-11H,1-2H3,(H,23,24,25)/b6-4+. The number of benzene rings is 2. The van der Waals surface area contributed by atoms with Crippen molar-refractivity contribution in [1.82, 2.24) is 4.98 Å². The highest BCUT2D eigenvalue weighted by molar-refractivity contribution is 6.06. The molecule has 0 atom stereocenters. The third-order valence-electron chi connectivity index (χ3n) is 3.86. The zero-order valence-corrected chi connectivity index (χ0v) is 14.6. The molecule has 0 saturated heterocycles. The molecule has 0 spiro atoms. The Labute approximate surface area is 154 Å². The van der Waals surface area contributed by atoms with Gasteiger partial charge < -0.3 is 14.8 Å². The number of methoxy groups -OCH3 is 2. The topological polar surface area (TPSA) is 60.5 Å². The van der Waals surface area contributed by atoms with Crippen LogP contribution >= 0.6 is 0 Å². The van der Waals surface area contributed by atoms with Crippen LogP contribution in [-0.4, -0.2) is 25.1 Å². The van der Waals surface area contributed by atoms with E-state index < -0.39 is 17.5 Å². The molecule has 1 N–H and O–H groups in total. The number of anilines is 1. The second-order valence-corrected chi connectivity index (χ2v) is 5.58. The van der Waals surface area contributed by atoms with Gasteiger partial charge in [0, 0.05) is 23.7 Å². The molecular formula is C20H16F2N2O3. The molecule has 0 aliphatic heterocycles. The lowest BCUT2D eigenvalue weighted by Gasteiger charge is -2.08. The summed E-state index contributed by atoms with van der Waals surface area (Å²) in [5.74, 6) is -0.883. The minimum absolute atomic E-state index is 0.0157. The van der Waals surface area contributed by atoms with Crippen molar-refractivity contribution < 1.29 is 23.0 Å². The first-order chi connectivity index (χ1) is 13.0. The summed E-state index contributed by atoms with van der Waals surface area (Å²) >= 11 is 0. The lowest BCUT2D eigenvalue weighted by molar-refractivity contribution is -0.111. The molecule has 1 heterocycles. The maximum absolute atomic E-state index is 13.8. The summed E-state index contributed by atoms with van der Waals surface area (Å²) in [6, 6.07) is 8.55. The minimum atomic E-state index is -0.790. The molecule has 138 valence electrons. The fraction of sp³-hybridized carbons (Fsp3) is 0.100. The van der Waals surface area contributed by atoms with Gasteiger partial charge in [-0.25, -0.2) is 8.78 Å². The van der Waals surface area contributed by atoms with Crippen molar-refractivity contribution in [3.8, 4) is 11.5 Å². The number of halogens is 2. The van der Waals surface area contributed by atoms with Gasteiger partial charge in [0.05, 0.1) is 19.9 Å². The van der Waals surface area contributed by atoms with Crippen LogP contribution in [0.15, 0.2) is 48.7 Å². The predicted octanol–water partition coefficient (Wildman–Crippen LogP) is 4.18. The SMILES string of the molecule is COc1ccc(/C=C/C(=O)Nc2ccnc3c(F)cc(F)cc23)cc1OC. The van der Waals surface area contributed by atoms with Crippen molar-refractivity contribution in [2.75, 3.05) is 19.5 Å². The Bertz CT molecular complexity index is 1040. The fourth-order valence-corrected chi connectivity index (χ4v) is 2.59. The first-order valence-corrected chi connectivity index (χ1v) is 7.96. The van der Waals surface area contributed by atoms with E-state index >= 15 is 0 Å². The summed E-state index contributed by atoms with van der Waals surface area (Å²) in [4.78, 5) is 16.1. The summed E-state index contributed by atoms with van der Waals surface area (Å²) in [6.45, 7) is 0. The number of pyridine rings is 1. The Morgan fingerprint density at radius 2 is 1.85 bits per heavy atom. The number of ether oxygens (including phenoxy) is 2. The largest absolute Gasteiger partial charge is 0.493 e. The van der Waals surface area contributed by atoms with Gasteiger partial charge in [0.1, 0.15) is 11.3 Å². The van der Waals surface area contributed by atoms with Gasteiger partial charge in [-0.15, -0.1) is 0 Å². The molecule has 0 aliphatic carbocycles. The van der Waals surface area contributed by atoms with Crippen LogP contribution in [0.5, 0.6) is 11.5 Å². The normalized spacial score (nSPS) is 11.0. The van der Waals surface area contributed by atoms with Gasteiger partial charge in [0.15, 0.2) is 17.3 Å². The molecule has 0 aliphatic rings. The van der Waals surface area contributed by atoms with Crippen LogP contribution in [0.2, 0.25) is 0 Å². The van der Waals surface area contributed by atoms with E-state index in [1.54, 1.807) is 24.3 Å². The number of rotatable bonds is 5. The number of aromatic nitrogens is 1. The van der Waals surface area contributed by atoms with E-state index in [9.17, 15) is 13.6 Å². The van der Waals surface area contributed by atoms with Crippen LogP contribution < -0.4 is 14.8 Å². The van der Waals surface area contributed by atoms with Crippen molar-refractivity contribution in [2.24, 2.45) is 0 Å². The van der Waals surface area contributed by atoms with Gasteiger partial charge in [-0.05, 0) is 35.9 Å². The second-order valence-electron chi connectivity index (χ2n) is 5.58. The van der Waals surface area contributed by atoms with Crippen molar-refractivity contribution in [2.45, 2.75) is 0 Å². The molecule has 0 radical (unpaired) electrons. The summed E-state index contributed by atoms with van der Waals surface area (Å²) in [5.41, 5.74) is 0.970. The molecule has 7 heteroatoms. The van der Waals surface area contributed by atoms with E-state index in [0.717, 1.165) is 17.7 Å². The van der Waals surface area contributed by atoms with E-state index in [2.05, 4.69) is 10.3 Å². The molecular weight excluding hydrogens is 354 g/mol. The third kappa shape index (κ3) is 4.03. The molecule has 1 aromatic heterocycles. The quantitative estimate of drug-likeness (QED) is 0.685. The number of fused-ring (bicyclic) bond motifs is 1. The van der Waals surface area contributed by atoms with Gasteiger partial charge >= 0.3 is 0 Å². The van der Waals surface area contributed by atoms with Crippen LogP contribution in [0.4, 0.5) is 14.5 Å². The average Bonchev–Trinajstić information content (AvgIpc) is 2.66. The van der Waals surface area contributed by atoms with E-state index in [1.807, 2.05) is 0 Å². The molecule has 1 amide bonds. The average molecular weight is 370 g/mol. The summed E-state index contributed by atoms with van der Waals surface area (Å²) < 4.78 is 37.7. The summed E-state index contributed by atoms with van der Waals surface area (Å²) in [7, 11) is 3.05. The van der Waals surface area contributed by atoms with Gasteiger partial charge in [0.2, 0.25) is 5.91 Å². The minimum Gasteiger partial charge on any atom is -0.493 e. The van der Waals surface area contributed by atoms with Crippen molar-refractivity contribution in [3.05, 3.63) is 65.9 Å². The van der Waals surface area contributed by atoms with E-state index in [-0.39, 0.29) is 16.6 Å². The maximum atomic E-state index is 13.8. The zero-order chi connectivity index (χ0) is 19.4. The van der Waals surface area contributed by atoms with Crippen molar-refractivity contribution >= 4 is 28.6 Å². The first-order valence-electron chi connectivity index (χ1n) is 7.96. The van der Waals surface area contributed by atoms with Crippen molar-refractivity contribution in [1.29, 1.82) is 0 Å². The molecule has 0 unspecified atom stereocenters. The number of nitrogens with one attached hydrogen (secondary N) is 1. The van der Waals surface area contributed by atoms with E-state index in [4.69, 9.17) is 9.47 Å². The monoisotopic (exact) mass is 370 g/mol. The number of amides is 1. The lowest BCUT2D eigenvalue weighted by atomic mass is 10.1. The maximum Gasteiger partial charge on any atom is 0.248 e. The number of carbonyl (C=O) groups is 1. The van der Waals surface area contributed by atoms with Crippen molar-refractivity contribution in [3.63, 3.8) is 0 Å². The molecule has 0 fully saturated rings. The molecule has 2 aromatic carbocycles. The van der Waals surface area contributed by atoms with Gasteiger partial charge in [-0.1, -0.05) is 6.07 Å².